The molecule has 1 aromatic carbocycles. The SMILES string of the molecule is CCn1c(COc2ccc(F)cc2Cl)nnc1SCC(=O)Nc1sc2c(c1C(=O)OC(C)C)CCCC2. The Hall–Kier alpha value is -2.63. The van der Waals surface area contributed by atoms with E-state index in [0.717, 1.165) is 36.1 Å². The van der Waals surface area contributed by atoms with E-state index in [-0.39, 0.29) is 29.4 Å². The molecule has 0 radical (unpaired) electrons. The molecule has 12 heteroatoms. The standard InChI is InChI=1S/C25H28ClFN4O4S2/c1-4-31-20(12-34-18-10-9-15(27)11-17(18)26)29-30-25(31)36-13-21(32)28-23-22(24(33)35-14(2)3)16-7-5-6-8-19(16)37-23/h9-11,14H,4-8,12-13H2,1-3H3,(H,28,32). The molecule has 0 saturated heterocycles. The van der Waals surface area contributed by atoms with Gasteiger partial charge in [-0.25, -0.2) is 9.18 Å². The summed E-state index contributed by atoms with van der Waals surface area (Å²) in [5.74, 6) is -0.108. The number of carbonyl (C=O) groups is 2. The Labute approximate surface area is 227 Å². The second-order valence-electron chi connectivity index (χ2n) is 8.71. The van der Waals surface area contributed by atoms with Crippen molar-refractivity contribution in [3.8, 4) is 5.75 Å². The van der Waals surface area contributed by atoms with Crippen LogP contribution in [0, 0.1) is 5.82 Å². The summed E-state index contributed by atoms with van der Waals surface area (Å²) < 4.78 is 26.3. The van der Waals surface area contributed by atoms with Gasteiger partial charge in [0.15, 0.2) is 11.0 Å². The first-order chi connectivity index (χ1) is 17.8. The maximum Gasteiger partial charge on any atom is 0.341 e. The summed E-state index contributed by atoms with van der Waals surface area (Å²) in [6.45, 7) is 6.20. The summed E-state index contributed by atoms with van der Waals surface area (Å²) in [5.41, 5.74) is 1.49. The molecular formula is C25H28ClFN4O4S2. The number of anilines is 1. The van der Waals surface area contributed by atoms with Crippen LogP contribution in [0.2, 0.25) is 5.02 Å². The fraction of sp³-hybridized carbons (Fsp3) is 0.440. The average Bonchev–Trinajstić information content (AvgIpc) is 3.41. The first-order valence-electron chi connectivity index (χ1n) is 12.0. The maximum absolute atomic E-state index is 13.3. The summed E-state index contributed by atoms with van der Waals surface area (Å²) in [6, 6.07) is 3.90. The highest BCUT2D eigenvalue weighted by molar-refractivity contribution is 7.99. The van der Waals surface area contributed by atoms with Crippen LogP contribution >= 0.6 is 34.7 Å². The van der Waals surface area contributed by atoms with Gasteiger partial charge in [-0.2, -0.15) is 0 Å². The number of carbonyl (C=O) groups excluding carboxylic acids is 2. The van der Waals surface area contributed by atoms with E-state index in [9.17, 15) is 14.0 Å². The lowest BCUT2D eigenvalue weighted by Gasteiger charge is -2.14. The zero-order chi connectivity index (χ0) is 26.5. The Balaban J connectivity index is 1.41. The molecule has 0 spiro atoms. The van der Waals surface area contributed by atoms with Crippen molar-refractivity contribution in [2.24, 2.45) is 0 Å². The number of aromatic nitrogens is 3. The highest BCUT2D eigenvalue weighted by atomic mass is 35.5. The number of nitrogens with one attached hydrogen (secondary N) is 1. The van der Waals surface area contributed by atoms with Crippen molar-refractivity contribution in [3.05, 3.63) is 50.9 Å². The van der Waals surface area contributed by atoms with E-state index in [4.69, 9.17) is 21.1 Å². The molecule has 3 aromatic rings. The lowest BCUT2D eigenvalue weighted by molar-refractivity contribution is -0.113. The largest absolute Gasteiger partial charge is 0.484 e. The summed E-state index contributed by atoms with van der Waals surface area (Å²) in [4.78, 5) is 26.8. The van der Waals surface area contributed by atoms with Gasteiger partial charge in [0.2, 0.25) is 5.91 Å². The van der Waals surface area contributed by atoms with Crippen LogP contribution in [0.25, 0.3) is 0 Å². The molecular weight excluding hydrogens is 539 g/mol. The quantitative estimate of drug-likeness (QED) is 0.241. The molecule has 1 aliphatic rings. The van der Waals surface area contributed by atoms with Crippen molar-refractivity contribution in [2.75, 3.05) is 11.1 Å². The average molecular weight is 567 g/mol. The number of esters is 1. The van der Waals surface area contributed by atoms with Crippen molar-refractivity contribution in [3.63, 3.8) is 0 Å². The predicted molar refractivity (Wildman–Crippen MR) is 142 cm³/mol. The topological polar surface area (TPSA) is 95.3 Å². The number of rotatable bonds is 10. The zero-order valence-corrected chi connectivity index (χ0v) is 23.2. The number of thiophene rings is 1. The van der Waals surface area contributed by atoms with Crippen LogP contribution in [0.15, 0.2) is 23.4 Å². The van der Waals surface area contributed by atoms with Gasteiger partial charge in [-0.1, -0.05) is 23.4 Å². The molecule has 198 valence electrons. The molecule has 0 unspecified atom stereocenters. The number of ether oxygens (including phenoxy) is 2. The molecule has 8 nitrogen and oxygen atoms in total. The number of nitrogens with zero attached hydrogens (tertiary/aromatic N) is 3. The van der Waals surface area contributed by atoms with E-state index < -0.39 is 11.8 Å². The highest BCUT2D eigenvalue weighted by Crippen LogP contribution is 2.39. The molecule has 1 N–H and O–H groups in total. The number of aryl methyl sites for hydroxylation is 1. The zero-order valence-electron chi connectivity index (χ0n) is 20.8. The number of benzene rings is 1. The van der Waals surface area contributed by atoms with Crippen LogP contribution in [0.5, 0.6) is 5.75 Å². The van der Waals surface area contributed by atoms with E-state index in [1.54, 1.807) is 0 Å². The van der Waals surface area contributed by atoms with Gasteiger partial charge in [-0.15, -0.1) is 21.5 Å². The molecule has 1 aliphatic carbocycles. The second kappa shape index (κ2) is 12.3. The van der Waals surface area contributed by atoms with Gasteiger partial charge in [-0.3, -0.25) is 4.79 Å². The Morgan fingerprint density at radius 2 is 2.05 bits per heavy atom. The van der Waals surface area contributed by atoms with Gasteiger partial charge in [0.1, 0.15) is 23.2 Å². The smallest absolute Gasteiger partial charge is 0.341 e. The molecule has 0 bridgehead atoms. The number of amides is 1. The highest BCUT2D eigenvalue weighted by Gasteiger charge is 2.28. The normalized spacial score (nSPS) is 12.9. The third-order valence-corrected chi connectivity index (χ3v) is 8.13. The molecule has 0 saturated carbocycles. The minimum absolute atomic E-state index is 0.0843. The number of hydrogen-bond donors (Lipinski definition) is 1. The lowest BCUT2D eigenvalue weighted by atomic mass is 9.95. The van der Waals surface area contributed by atoms with E-state index >= 15 is 0 Å². The number of hydrogen-bond acceptors (Lipinski definition) is 8. The van der Waals surface area contributed by atoms with Crippen molar-refractivity contribution < 1.29 is 23.5 Å². The van der Waals surface area contributed by atoms with E-state index in [1.807, 2.05) is 25.3 Å². The van der Waals surface area contributed by atoms with Crippen LogP contribution in [-0.4, -0.2) is 38.5 Å². The Morgan fingerprint density at radius 3 is 2.78 bits per heavy atom. The van der Waals surface area contributed by atoms with Gasteiger partial charge in [0.05, 0.1) is 22.4 Å². The Morgan fingerprint density at radius 1 is 1.27 bits per heavy atom. The van der Waals surface area contributed by atoms with Crippen LogP contribution in [0.1, 0.15) is 60.2 Å². The molecule has 0 aliphatic heterocycles. The summed E-state index contributed by atoms with van der Waals surface area (Å²) >= 11 is 8.73. The van der Waals surface area contributed by atoms with E-state index in [1.165, 1.54) is 41.3 Å². The maximum atomic E-state index is 13.3. The Bertz CT molecular complexity index is 1290. The first kappa shape index (κ1) is 27.4. The predicted octanol–water partition coefficient (Wildman–Crippen LogP) is 5.91. The number of thioether (sulfide) groups is 1. The summed E-state index contributed by atoms with van der Waals surface area (Å²) in [7, 11) is 0. The van der Waals surface area contributed by atoms with Gasteiger partial charge in [0.25, 0.3) is 0 Å². The minimum Gasteiger partial charge on any atom is -0.484 e. The first-order valence-corrected chi connectivity index (χ1v) is 14.2. The van der Waals surface area contributed by atoms with Crippen LogP contribution < -0.4 is 10.1 Å². The third kappa shape index (κ3) is 6.63. The molecule has 2 aromatic heterocycles. The second-order valence-corrected chi connectivity index (χ2v) is 11.2. The van der Waals surface area contributed by atoms with Gasteiger partial charge in [0, 0.05) is 11.4 Å². The van der Waals surface area contributed by atoms with Crippen LogP contribution in [-0.2, 0) is 35.5 Å². The Kier molecular flexibility index (Phi) is 9.09. The van der Waals surface area contributed by atoms with Crippen molar-refractivity contribution in [1.82, 2.24) is 14.8 Å². The van der Waals surface area contributed by atoms with Crippen molar-refractivity contribution in [1.29, 1.82) is 0 Å². The summed E-state index contributed by atoms with van der Waals surface area (Å²) in [6.07, 6.45) is 3.55. The van der Waals surface area contributed by atoms with E-state index in [2.05, 4.69) is 15.5 Å². The molecule has 37 heavy (non-hydrogen) atoms. The minimum atomic E-state index is -0.447. The molecule has 1 amide bonds. The third-order valence-electron chi connectivity index (χ3n) is 5.66. The van der Waals surface area contributed by atoms with Crippen molar-refractivity contribution in [2.45, 2.75) is 70.9 Å². The van der Waals surface area contributed by atoms with Gasteiger partial charge >= 0.3 is 5.97 Å². The monoisotopic (exact) mass is 566 g/mol. The summed E-state index contributed by atoms with van der Waals surface area (Å²) in [5, 5.41) is 12.6. The fourth-order valence-electron chi connectivity index (χ4n) is 4.02. The molecule has 2 heterocycles. The molecule has 0 atom stereocenters. The van der Waals surface area contributed by atoms with Gasteiger partial charge < -0.3 is 19.4 Å². The lowest BCUT2D eigenvalue weighted by Crippen LogP contribution is -2.19. The van der Waals surface area contributed by atoms with Gasteiger partial charge in [-0.05, 0) is 70.2 Å². The molecule has 0 fully saturated rings. The van der Waals surface area contributed by atoms with Crippen LogP contribution in [0.3, 0.4) is 0 Å². The van der Waals surface area contributed by atoms with E-state index in [0.29, 0.717) is 33.8 Å². The van der Waals surface area contributed by atoms with Crippen LogP contribution in [0.4, 0.5) is 9.39 Å². The number of fused-ring (bicyclic) bond motifs is 1. The molecule has 4 rings (SSSR count). The fourth-order valence-corrected chi connectivity index (χ4v) is 6.36. The number of halogens is 2. The van der Waals surface area contributed by atoms with Crippen molar-refractivity contribution >= 4 is 51.6 Å².